The van der Waals surface area contributed by atoms with E-state index in [9.17, 15) is 28.7 Å². The van der Waals surface area contributed by atoms with Gasteiger partial charge in [-0.25, -0.2) is 24.1 Å². The van der Waals surface area contributed by atoms with Crippen LogP contribution in [0.3, 0.4) is 0 Å². The van der Waals surface area contributed by atoms with Gasteiger partial charge in [0.2, 0.25) is 23.7 Å². The molecule has 6 N–H and O–H groups in total. The van der Waals surface area contributed by atoms with Crippen LogP contribution in [0, 0.1) is 32.0 Å². The predicted molar refractivity (Wildman–Crippen MR) is 307 cm³/mol. The third-order valence-corrected chi connectivity index (χ3v) is 15.0. The van der Waals surface area contributed by atoms with E-state index in [2.05, 4.69) is 58.8 Å². The van der Waals surface area contributed by atoms with Gasteiger partial charge in [0.15, 0.2) is 5.65 Å². The Labute approximate surface area is 471 Å². The second-order valence-corrected chi connectivity index (χ2v) is 22.4. The zero-order chi connectivity index (χ0) is 57.3. The molecule has 0 aliphatic carbocycles. The number of nitrogens with one attached hydrogen (secondary N) is 5. The minimum absolute atomic E-state index is 0.000721. The van der Waals surface area contributed by atoms with Crippen LogP contribution in [-0.2, 0) is 37.0 Å². The molecule has 80 heavy (non-hydrogen) atoms. The summed E-state index contributed by atoms with van der Waals surface area (Å²) in [7, 11) is 0. The lowest BCUT2D eigenvalue weighted by atomic mass is 9.85. The van der Waals surface area contributed by atoms with Crippen molar-refractivity contribution in [2.75, 3.05) is 50.1 Å². The third kappa shape index (κ3) is 17.0. The fraction of sp³-hybridized carbons (Fsp3) is 0.517. The summed E-state index contributed by atoms with van der Waals surface area (Å²) in [5.74, 6) is -1.12. The molecule has 1 aliphatic heterocycles. The lowest BCUT2D eigenvalue weighted by molar-refractivity contribution is -0.144. The summed E-state index contributed by atoms with van der Waals surface area (Å²) in [6.07, 6.45) is 9.19. The number of hydrogen-bond donors (Lipinski definition) is 6. The van der Waals surface area contributed by atoms with Crippen LogP contribution in [0.1, 0.15) is 127 Å². The Hall–Kier alpha value is -7.01. The summed E-state index contributed by atoms with van der Waals surface area (Å²) in [4.78, 5) is 74.2. The number of aliphatic hydroxyl groups is 1. The molecule has 1 saturated heterocycles. The van der Waals surface area contributed by atoms with E-state index in [0.29, 0.717) is 79.8 Å². The minimum atomic E-state index is -0.902. The Morgan fingerprint density at radius 2 is 1.66 bits per heavy atom. The van der Waals surface area contributed by atoms with E-state index in [-0.39, 0.29) is 49.5 Å². The number of carbonyl (C=O) groups is 4. The van der Waals surface area contributed by atoms with Crippen LogP contribution in [0.15, 0.2) is 60.4 Å². The Morgan fingerprint density at radius 3 is 2.41 bits per heavy atom. The number of fused-ring (bicyclic) bond motifs is 1. The van der Waals surface area contributed by atoms with Crippen LogP contribution >= 0.6 is 11.3 Å². The summed E-state index contributed by atoms with van der Waals surface area (Å²) in [6, 6.07) is 10.3. The number of amides is 5. The van der Waals surface area contributed by atoms with E-state index < -0.39 is 41.4 Å². The number of urea groups is 1. The maximum Gasteiger partial charge on any atom is 0.319 e. The van der Waals surface area contributed by atoms with Gasteiger partial charge >= 0.3 is 6.03 Å². The van der Waals surface area contributed by atoms with Gasteiger partial charge in [-0.15, -0.1) is 16.4 Å². The average molecular weight is 1120 g/mol. The fourth-order valence-electron chi connectivity index (χ4n) is 9.52. The van der Waals surface area contributed by atoms with E-state index in [1.807, 2.05) is 90.5 Å². The van der Waals surface area contributed by atoms with E-state index in [1.54, 1.807) is 28.3 Å². The molecule has 0 radical (unpaired) electrons. The number of carbonyl (C=O) groups excluding carboxylic acids is 4. The second-order valence-electron chi connectivity index (χ2n) is 21.6. The second kappa shape index (κ2) is 28.9. The molecule has 4 atom stereocenters. The van der Waals surface area contributed by atoms with E-state index >= 15 is 0 Å². The SMILES string of the molecule is CCCCCCNC(=O)Nc1cc(-c2cc3cnc(NCCOCCOCc4cn(CCCCCC(=O)NC(C(=O)N5C[C@H](O)C[C@H]5C(=O)NC(C)c5ccc(-c6scnc6C)cc5)C(C)(C)C)nn4)nc3nc2C)c(C)cc1F. The quantitative estimate of drug-likeness (QED) is 0.0251. The number of aromatic nitrogens is 7. The fourth-order valence-corrected chi connectivity index (χ4v) is 10.3. The first kappa shape index (κ1) is 60.6. The summed E-state index contributed by atoms with van der Waals surface area (Å²) >= 11 is 1.58. The molecule has 0 saturated carbocycles. The number of ether oxygens (including phenoxy) is 2. The van der Waals surface area contributed by atoms with E-state index in [4.69, 9.17) is 14.5 Å². The summed E-state index contributed by atoms with van der Waals surface area (Å²) in [5, 5.41) is 34.4. The average Bonchev–Trinajstić information content (AvgIpc) is 4.21. The number of thiazole rings is 1. The van der Waals surface area contributed by atoms with Gasteiger partial charge in [0.25, 0.3) is 0 Å². The summed E-state index contributed by atoms with van der Waals surface area (Å²) < 4.78 is 28.2. The van der Waals surface area contributed by atoms with Gasteiger partial charge in [-0.05, 0) is 92.8 Å². The van der Waals surface area contributed by atoms with Crippen molar-refractivity contribution >= 4 is 57.8 Å². The highest BCUT2D eigenvalue weighted by atomic mass is 32.1. The number of β-amino-alcohol motifs (C(OH)–C–C–N with tert-alkyl or cyclic N) is 1. The highest BCUT2D eigenvalue weighted by Gasteiger charge is 2.44. The zero-order valence-electron chi connectivity index (χ0n) is 47.4. The number of aliphatic hydroxyl groups excluding tert-OH is 1. The maximum absolute atomic E-state index is 15.0. The van der Waals surface area contributed by atoms with Gasteiger partial charge in [0, 0.05) is 61.9 Å². The number of hydrogen-bond acceptors (Lipinski definition) is 15. The van der Waals surface area contributed by atoms with Crippen molar-refractivity contribution in [2.45, 2.75) is 151 Å². The maximum atomic E-state index is 15.0. The molecule has 430 valence electrons. The summed E-state index contributed by atoms with van der Waals surface area (Å²) in [5.41, 5.74) is 8.27. The molecule has 6 aromatic rings. The highest BCUT2D eigenvalue weighted by Crippen LogP contribution is 2.33. The first-order valence-electron chi connectivity index (χ1n) is 27.7. The predicted octanol–water partition coefficient (Wildman–Crippen LogP) is 8.75. The van der Waals surface area contributed by atoms with Gasteiger partial charge < -0.3 is 46.1 Å². The molecule has 0 bridgehead atoms. The van der Waals surface area contributed by atoms with Crippen molar-refractivity contribution in [2.24, 2.45) is 5.41 Å². The summed E-state index contributed by atoms with van der Waals surface area (Å²) in [6.45, 7) is 18.2. The minimum Gasteiger partial charge on any atom is -0.391 e. The number of anilines is 2. The Balaban J connectivity index is 0.765. The molecule has 22 heteroatoms. The highest BCUT2D eigenvalue weighted by molar-refractivity contribution is 7.13. The van der Waals surface area contributed by atoms with Gasteiger partial charge in [-0.1, -0.05) is 82.9 Å². The monoisotopic (exact) mass is 1120 g/mol. The van der Waals surface area contributed by atoms with Crippen molar-refractivity contribution in [1.82, 2.24) is 55.8 Å². The van der Waals surface area contributed by atoms with E-state index in [1.165, 1.54) is 11.0 Å². The molecule has 5 heterocycles. The molecular formula is C58H78FN13O7S. The first-order chi connectivity index (χ1) is 38.4. The number of aryl methyl sites for hydroxylation is 4. The molecule has 2 unspecified atom stereocenters. The van der Waals surface area contributed by atoms with Gasteiger partial charge in [0.05, 0.1) is 66.5 Å². The molecule has 2 aromatic carbocycles. The number of pyridine rings is 1. The molecule has 1 aliphatic rings. The Kier molecular flexibility index (Phi) is 21.9. The zero-order valence-corrected chi connectivity index (χ0v) is 48.2. The van der Waals surface area contributed by atoms with Crippen molar-refractivity contribution < 1.29 is 38.1 Å². The number of likely N-dealkylation sites (tertiary alicyclic amines) is 1. The third-order valence-electron chi connectivity index (χ3n) is 14.0. The normalized spacial score (nSPS) is 15.2. The largest absolute Gasteiger partial charge is 0.391 e. The van der Waals surface area contributed by atoms with Crippen molar-refractivity contribution in [3.63, 3.8) is 0 Å². The topological polar surface area (TPSA) is 253 Å². The smallest absolute Gasteiger partial charge is 0.319 e. The number of halogens is 1. The molecule has 1 fully saturated rings. The number of rotatable bonds is 28. The lowest BCUT2D eigenvalue weighted by Gasteiger charge is -2.35. The van der Waals surface area contributed by atoms with Crippen LogP contribution in [0.25, 0.3) is 32.6 Å². The number of unbranched alkanes of at least 4 members (excludes halogenated alkanes) is 5. The van der Waals surface area contributed by atoms with Gasteiger partial charge in [-0.3, -0.25) is 19.1 Å². The van der Waals surface area contributed by atoms with Crippen molar-refractivity contribution in [1.29, 1.82) is 0 Å². The first-order valence-corrected chi connectivity index (χ1v) is 28.6. The van der Waals surface area contributed by atoms with Crippen LogP contribution in [0.4, 0.5) is 20.8 Å². The standard InChI is InChI=1S/C58H78FN13O7S/c1-9-10-11-14-21-61-57(77)66-48-30-45(36(2)27-47(48)59)46-28-42-31-62-56(68-53(42)64-38(46)4)60-22-24-78-25-26-79-34-43-32-71(70-69-43)23-15-12-13-16-50(74)67-52(58(6,7)8)55(76)72-33-44(73)29-49(72)54(75)65-37(3)40-17-19-41(20-18-40)51-39(5)63-35-80-51/h17-20,27-28,30-32,35,37,44,49,52,73H,9-16,21-26,29,33-34H2,1-8H3,(H,65,75)(H,67,74)(H2,61,66,77)(H,60,62,64,68)/t37?,44-,49+,52?/m1/s1. The van der Waals surface area contributed by atoms with Crippen LogP contribution < -0.4 is 26.6 Å². The molecule has 20 nitrogen and oxygen atoms in total. The van der Waals surface area contributed by atoms with Crippen LogP contribution in [0.5, 0.6) is 0 Å². The molecule has 4 aromatic heterocycles. The van der Waals surface area contributed by atoms with Gasteiger partial charge in [-0.2, -0.15) is 4.98 Å². The number of benzene rings is 2. The van der Waals surface area contributed by atoms with Crippen molar-refractivity contribution in [3.05, 3.63) is 94.4 Å². The number of nitrogens with zero attached hydrogens (tertiary/aromatic N) is 8. The van der Waals surface area contributed by atoms with Crippen LogP contribution in [0.2, 0.25) is 0 Å². The van der Waals surface area contributed by atoms with Crippen molar-refractivity contribution in [3.8, 4) is 21.6 Å². The molecular weight excluding hydrogens is 1040 g/mol. The molecule has 7 rings (SSSR count). The molecule has 5 amide bonds. The molecule has 0 spiro atoms. The van der Waals surface area contributed by atoms with E-state index in [0.717, 1.165) is 71.3 Å². The lowest BCUT2D eigenvalue weighted by Crippen LogP contribution is -2.57. The van der Waals surface area contributed by atoms with Crippen LogP contribution in [-0.4, -0.2) is 126 Å². The van der Waals surface area contributed by atoms with Gasteiger partial charge in [0.1, 0.15) is 23.6 Å². The Morgan fingerprint density at radius 1 is 0.887 bits per heavy atom. The Bertz CT molecular complexity index is 3040.